The van der Waals surface area contributed by atoms with Crippen molar-refractivity contribution in [3.63, 3.8) is 0 Å². The average molecular weight is 544 g/mol. The van der Waals surface area contributed by atoms with Crippen LogP contribution in [0.15, 0.2) is 0 Å². The van der Waals surface area contributed by atoms with Gasteiger partial charge < -0.3 is 24.8 Å². The van der Waals surface area contributed by atoms with E-state index < -0.39 is 5.54 Å². The molecule has 4 heterocycles. The highest BCUT2D eigenvalue weighted by molar-refractivity contribution is 7.19. The van der Waals surface area contributed by atoms with Gasteiger partial charge in [-0.3, -0.25) is 19.3 Å². The van der Waals surface area contributed by atoms with E-state index in [4.69, 9.17) is 4.74 Å². The molecule has 1 saturated carbocycles. The number of fused-ring (bicyclic) bond motifs is 3. The summed E-state index contributed by atoms with van der Waals surface area (Å²) in [5, 5.41) is 7.22. The van der Waals surface area contributed by atoms with Crippen LogP contribution in [-0.2, 0) is 20.9 Å². The first-order valence-electron chi connectivity index (χ1n) is 14.0. The molecule has 9 nitrogen and oxygen atoms in total. The smallest absolute Gasteiger partial charge is 0.273 e. The Hall–Kier alpha value is -2.43. The summed E-state index contributed by atoms with van der Waals surface area (Å²) in [5.74, 6) is -0.499. The number of nitrogens with zero attached hydrogens (tertiary/aromatic N) is 3. The number of thiophene rings is 1. The summed E-state index contributed by atoms with van der Waals surface area (Å²) in [6.45, 7) is 11.9. The average Bonchev–Trinajstić information content (AvgIpc) is 3.18. The highest BCUT2D eigenvalue weighted by Gasteiger charge is 2.49. The number of amides is 3. The van der Waals surface area contributed by atoms with Crippen LogP contribution >= 0.6 is 11.3 Å². The van der Waals surface area contributed by atoms with Gasteiger partial charge in [0.15, 0.2) is 0 Å². The van der Waals surface area contributed by atoms with Gasteiger partial charge in [0.25, 0.3) is 5.91 Å². The van der Waals surface area contributed by atoms with Crippen LogP contribution < -0.4 is 10.6 Å². The molecule has 208 valence electrons. The van der Waals surface area contributed by atoms with Crippen LogP contribution in [0.4, 0.5) is 5.69 Å². The molecule has 2 N–H and O–H groups in total. The minimum atomic E-state index is -1.05. The molecule has 2 fully saturated rings. The summed E-state index contributed by atoms with van der Waals surface area (Å²) in [5.41, 5.74) is 1.06. The lowest BCUT2D eigenvalue weighted by Gasteiger charge is -2.45. The molecule has 1 atom stereocenters. The summed E-state index contributed by atoms with van der Waals surface area (Å²) >= 11 is 1.62. The highest BCUT2D eigenvalue weighted by atomic mass is 32.1. The molecule has 2 aromatic rings. The monoisotopic (exact) mass is 543 g/mol. The highest BCUT2D eigenvalue weighted by Crippen LogP contribution is 2.44. The largest absolute Gasteiger partial charge is 0.379 e. The molecular formula is C28H41N5O4S. The second kappa shape index (κ2) is 11.0. The summed E-state index contributed by atoms with van der Waals surface area (Å²) < 4.78 is 7.49. The van der Waals surface area contributed by atoms with E-state index in [-0.39, 0.29) is 23.8 Å². The minimum Gasteiger partial charge on any atom is -0.379 e. The molecule has 10 heteroatoms. The molecule has 1 saturated heterocycles. The predicted molar refractivity (Wildman–Crippen MR) is 150 cm³/mol. The molecule has 2 aromatic heterocycles. The first-order chi connectivity index (χ1) is 18.2. The van der Waals surface area contributed by atoms with Crippen LogP contribution in [0.3, 0.4) is 0 Å². The van der Waals surface area contributed by atoms with Crippen molar-refractivity contribution in [1.29, 1.82) is 0 Å². The van der Waals surface area contributed by atoms with E-state index in [0.29, 0.717) is 44.2 Å². The zero-order chi connectivity index (χ0) is 27.0. The maximum absolute atomic E-state index is 14.4. The van der Waals surface area contributed by atoms with Crippen molar-refractivity contribution in [1.82, 2.24) is 19.7 Å². The third-order valence-corrected chi connectivity index (χ3v) is 9.83. The van der Waals surface area contributed by atoms with Crippen LogP contribution in [0.5, 0.6) is 0 Å². The van der Waals surface area contributed by atoms with Crippen LogP contribution in [0.1, 0.15) is 73.3 Å². The number of carbonyl (C=O) groups excluding carboxylic acids is 3. The Labute approximate surface area is 228 Å². The Kier molecular flexibility index (Phi) is 7.84. The first-order valence-corrected chi connectivity index (χ1v) is 14.8. The molecule has 1 aliphatic carbocycles. The normalized spacial score (nSPS) is 23.4. The number of anilines is 1. The molecule has 2 aliphatic heterocycles. The Morgan fingerprint density at radius 3 is 2.42 bits per heavy atom. The number of rotatable bonds is 6. The minimum absolute atomic E-state index is 0.0849. The van der Waals surface area contributed by atoms with Gasteiger partial charge in [-0.2, -0.15) is 0 Å². The van der Waals surface area contributed by atoms with Crippen LogP contribution in [0.25, 0.3) is 10.2 Å². The molecule has 0 spiro atoms. The number of nitrogens with one attached hydrogen (secondary N) is 2. The molecule has 3 aliphatic rings. The van der Waals surface area contributed by atoms with Crippen molar-refractivity contribution in [2.24, 2.45) is 0 Å². The van der Waals surface area contributed by atoms with E-state index >= 15 is 0 Å². The summed E-state index contributed by atoms with van der Waals surface area (Å²) in [7, 11) is 0. The molecule has 0 unspecified atom stereocenters. The van der Waals surface area contributed by atoms with E-state index in [0.717, 1.165) is 59.4 Å². The molecule has 5 rings (SSSR count). The van der Waals surface area contributed by atoms with Crippen molar-refractivity contribution >= 4 is 45.0 Å². The zero-order valence-electron chi connectivity index (χ0n) is 23.2. The second-order valence-corrected chi connectivity index (χ2v) is 12.5. The van der Waals surface area contributed by atoms with Crippen molar-refractivity contribution in [3.8, 4) is 0 Å². The number of aryl methyl sites for hydroxylation is 2. The van der Waals surface area contributed by atoms with Gasteiger partial charge in [0.05, 0.1) is 25.4 Å². The number of ether oxygens (including phenoxy) is 1. The fraction of sp³-hybridized carbons (Fsp3) is 0.679. The lowest BCUT2D eigenvalue weighted by Crippen LogP contribution is -2.66. The first kappa shape index (κ1) is 27.1. The van der Waals surface area contributed by atoms with Crippen LogP contribution in [0.2, 0.25) is 0 Å². The number of aromatic nitrogens is 1. The second-order valence-electron chi connectivity index (χ2n) is 11.3. The van der Waals surface area contributed by atoms with Gasteiger partial charge in [0.1, 0.15) is 16.1 Å². The van der Waals surface area contributed by atoms with Gasteiger partial charge in [0.2, 0.25) is 11.8 Å². The summed E-state index contributed by atoms with van der Waals surface area (Å²) in [4.78, 5) is 46.8. The molecule has 0 radical (unpaired) electrons. The van der Waals surface area contributed by atoms with Gasteiger partial charge >= 0.3 is 0 Å². The molecule has 0 bridgehead atoms. The Balaban J connectivity index is 1.55. The third kappa shape index (κ3) is 4.98. The fourth-order valence-corrected chi connectivity index (χ4v) is 7.41. The molecule has 0 aromatic carbocycles. The molecule has 38 heavy (non-hydrogen) atoms. The summed E-state index contributed by atoms with van der Waals surface area (Å²) in [6.07, 6.45) is 6.63. The Morgan fingerprint density at radius 2 is 1.76 bits per heavy atom. The quantitative estimate of drug-likeness (QED) is 0.542. The maximum atomic E-state index is 14.4. The van der Waals surface area contributed by atoms with E-state index in [2.05, 4.69) is 22.5 Å². The fourth-order valence-electron chi connectivity index (χ4n) is 6.24. The Morgan fingerprint density at radius 1 is 1.08 bits per heavy atom. The van der Waals surface area contributed by atoms with Gasteiger partial charge in [-0.25, -0.2) is 0 Å². The third-order valence-electron chi connectivity index (χ3n) is 8.60. The predicted octanol–water partition coefficient (Wildman–Crippen LogP) is 3.66. The standard InChI is InChI=1S/C28H41N5O4S/c1-18-19(2)38-26-22(18)23(29-20(3)34)24-25(35)33(12-11-31-13-15-37-16-14-31)28(4,17-32(24)26)27(36)30-21-9-7-5-6-8-10-21/h21H,5-17H2,1-4H3,(H,29,34)(H,30,36)/t28-/m1/s1. The van der Waals surface area contributed by atoms with Crippen LogP contribution in [-0.4, -0.2) is 83.1 Å². The topological polar surface area (TPSA) is 95.9 Å². The van der Waals surface area contributed by atoms with Crippen LogP contribution in [0, 0.1) is 13.8 Å². The van der Waals surface area contributed by atoms with Gasteiger partial charge in [-0.15, -0.1) is 11.3 Å². The maximum Gasteiger partial charge on any atom is 0.273 e. The lowest BCUT2D eigenvalue weighted by atomic mass is 9.93. The van der Waals surface area contributed by atoms with Crippen molar-refractivity contribution < 1.29 is 19.1 Å². The zero-order valence-corrected chi connectivity index (χ0v) is 24.0. The summed E-state index contributed by atoms with van der Waals surface area (Å²) in [6, 6.07) is 0.144. The number of hydrogen-bond donors (Lipinski definition) is 2. The van der Waals surface area contributed by atoms with E-state index in [1.165, 1.54) is 19.8 Å². The van der Waals surface area contributed by atoms with Gasteiger partial charge in [-0.1, -0.05) is 25.7 Å². The van der Waals surface area contributed by atoms with Crippen molar-refractivity contribution in [2.75, 3.05) is 44.7 Å². The van der Waals surface area contributed by atoms with Gasteiger partial charge in [-0.05, 0) is 39.2 Å². The SMILES string of the molecule is CC(=O)Nc1c2n(c3sc(C)c(C)c13)C[C@](C)(C(=O)NC1CCCCCC1)N(CCN1CCOCC1)C2=O. The van der Waals surface area contributed by atoms with Crippen molar-refractivity contribution in [3.05, 3.63) is 16.1 Å². The van der Waals surface area contributed by atoms with E-state index in [1.54, 1.807) is 16.2 Å². The molecular weight excluding hydrogens is 502 g/mol. The lowest BCUT2D eigenvalue weighted by molar-refractivity contribution is -0.133. The number of carbonyl (C=O) groups is 3. The van der Waals surface area contributed by atoms with Gasteiger partial charge in [0, 0.05) is 49.4 Å². The van der Waals surface area contributed by atoms with Crippen molar-refractivity contribution in [2.45, 2.75) is 84.3 Å². The molecule has 3 amide bonds. The number of hydrogen-bond acceptors (Lipinski definition) is 6. The Bertz CT molecular complexity index is 1220. The van der Waals surface area contributed by atoms with E-state index in [9.17, 15) is 14.4 Å². The number of morpholine rings is 1. The van der Waals surface area contributed by atoms with E-state index in [1.807, 2.05) is 18.4 Å².